The van der Waals surface area contributed by atoms with Crippen molar-refractivity contribution < 1.29 is 14.4 Å². The second-order valence-electron chi connectivity index (χ2n) is 11.8. The predicted octanol–water partition coefficient (Wildman–Crippen LogP) is 2.73. The second kappa shape index (κ2) is 8.44. The molecule has 4 fully saturated rings. The number of hydrogen-bond acceptors (Lipinski definition) is 7. The second-order valence-corrected chi connectivity index (χ2v) is 11.8. The molecule has 0 unspecified atom stereocenters. The number of pyridine rings is 1. The van der Waals surface area contributed by atoms with E-state index in [0.717, 1.165) is 74.5 Å². The minimum Gasteiger partial charge on any atom is -0.384 e. The maximum Gasteiger partial charge on any atom is 0.249 e. The molecule has 1 atom stereocenters. The van der Waals surface area contributed by atoms with E-state index < -0.39 is 11.5 Å². The molecule has 9 heteroatoms. The molecular formula is C29H34N6O3. The van der Waals surface area contributed by atoms with Crippen LogP contribution in [0.3, 0.4) is 0 Å². The number of nitrogens with two attached hydrogens (primary N) is 1. The SMILES string of the molecule is Nc1ccc(N2CCC3(CC2)CCN(c2cccc4c2C2(CC2)C(=O)N4[C@@H]2CCC(=O)NC2=O)CC3)cn1. The number of carbonyl (C=O) groups is 3. The lowest BCUT2D eigenvalue weighted by Gasteiger charge is -2.48. The van der Waals surface area contributed by atoms with Crippen molar-refractivity contribution >= 4 is 40.6 Å². The number of anilines is 4. The summed E-state index contributed by atoms with van der Waals surface area (Å²) in [6.45, 7) is 4.01. The number of fused-ring (bicyclic) bond motifs is 2. The number of amides is 3. The van der Waals surface area contributed by atoms with Crippen molar-refractivity contribution in [2.75, 3.05) is 46.6 Å². The predicted molar refractivity (Wildman–Crippen MR) is 145 cm³/mol. The Morgan fingerprint density at radius 3 is 2.18 bits per heavy atom. The lowest BCUT2D eigenvalue weighted by molar-refractivity contribution is -0.135. The summed E-state index contributed by atoms with van der Waals surface area (Å²) in [5.41, 5.74) is 9.90. The van der Waals surface area contributed by atoms with Crippen LogP contribution in [0.4, 0.5) is 22.9 Å². The number of nitrogens with one attached hydrogen (secondary N) is 1. The standard InChI is InChI=1S/C29H34N6O3/c30-23-6-4-19(18-31-23)33-14-10-28(11-15-33)12-16-34(17-13-28)20-2-1-3-21-25(20)29(8-9-29)27(38)35(21)22-5-7-24(36)32-26(22)37/h1-4,6,18,22H,5,7-17H2,(H2,30,31)(H,32,36,37)/t22-/m1/s1. The van der Waals surface area contributed by atoms with Gasteiger partial charge >= 0.3 is 0 Å². The molecule has 4 aliphatic heterocycles. The van der Waals surface area contributed by atoms with Crippen LogP contribution in [-0.2, 0) is 19.8 Å². The number of nitrogens with zero attached hydrogens (tertiary/aromatic N) is 4. The van der Waals surface area contributed by atoms with Crippen LogP contribution in [0.5, 0.6) is 0 Å². The first-order chi connectivity index (χ1) is 18.4. The van der Waals surface area contributed by atoms with E-state index >= 15 is 0 Å². The van der Waals surface area contributed by atoms with Crippen molar-refractivity contribution in [3.8, 4) is 0 Å². The van der Waals surface area contributed by atoms with Crippen LogP contribution in [0, 0.1) is 5.41 Å². The summed E-state index contributed by atoms with van der Waals surface area (Å²) >= 11 is 0. The summed E-state index contributed by atoms with van der Waals surface area (Å²) in [6.07, 6.45) is 8.80. The third-order valence-electron chi connectivity index (χ3n) is 9.78. The summed E-state index contributed by atoms with van der Waals surface area (Å²) in [7, 11) is 0. The van der Waals surface area contributed by atoms with Crippen molar-refractivity contribution in [3.05, 3.63) is 42.1 Å². The molecule has 1 aliphatic carbocycles. The smallest absolute Gasteiger partial charge is 0.249 e. The average molecular weight is 515 g/mol. The van der Waals surface area contributed by atoms with Crippen LogP contribution in [0.25, 0.3) is 0 Å². The molecule has 0 radical (unpaired) electrons. The first-order valence-electron chi connectivity index (χ1n) is 13.9. The summed E-state index contributed by atoms with van der Waals surface area (Å²) in [5.74, 6) is -0.0276. The number of nitrogen functional groups attached to an aromatic ring is 1. The highest BCUT2D eigenvalue weighted by Gasteiger charge is 2.62. The zero-order chi connectivity index (χ0) is 26.1. The van der Waals surface area contributed by atoms with Crippen molar-refractivity contribution in [3.63, 3.8) is 0 Å². The fraction of sp³-hybridized carbons (Fsp3) is 0.517. The Hall–Kier alpha value is -3.62. The maximum atomic E-state index is 13.7. The largest absolute Gasteiger partial charge is 0.384 e. The number of carbonyl (C=O) groups excluding carboxylic acids is 3. The normalized spacial score (nSPS) is 25.6. The fourth-order valence-electron chi connectivity index (χ4n) is 7.30. The topological polar surface area (TPSA) is 112 Å². The first-order valence-corrected chi connectivity index (χ1v) is 13.9. The molecule has 9 nitrogen and oxygen atoms in total. The number of hydrogen-bond donors (Lipinski definition) is 2. The van der Waals surface area contributed by atoms with Crippen molar-refractivity contribution in [2.24, 2.45) is 5.41 Å². The maximum absolute atomic E-state index is 13.7. The Labute approximate surface area is 222 Å². The third-order valence-corrected chi connectivity index (χ3v) is 9.78. The molecule has 1 aromatic heterocycles. The van der Waals surface area contributed by atoms with Crippen molar-refractivity contribution in [1.82, 2.24) is 10.3 Å². The van der Waals surface area contributed by atoms with Crippen LogP contribution in [0.15, 0.2) is 36.5 Å². The minimum atomic E-state index is -0.611. The third kappa shape index (κ3) is 3.58. The van der Waals surface area contributed by atoms with Gasteiger partial charge in [0.25, 0.3) is 0 Å². The molecule has 38 heavy (non-hydrogen) atoms. The Balaban J connectivity index is 1.09. The molecule has 0 bridgehead atoms. The van der Waals surface area contributed by atoms with E-state index in [1.807, 2.05) is 24.4 Å². The van der Waals surface area contributed by atoms with E-state index in [1.54, 1.807) is 4.90 Å². The van der Waals surface area contributed by atoms with E-state index in [-0.39, 0.29) is 24.1 Å². The summed E-state index contributed by atoms with van der Waals surface area (Å²) < 4.78 is 0. The summed E-state index contributed by atoms with van der Waals surface area (Å²) in [4.78, 5) is 49.1. The molecule has 5 heterocycles. The van der Waals surface area contributed by atoms with Gasteiger partial charge in [-0.2, -0.15) is 0 Å². The van der Waals surface area contributed by atoms with E-state index in [2.05, 4.69) is 32.2 Å². The molecule has 7 rings (SSSR count). The number of benzene rings is 1. The van der Waals surface area contributed by atoms with Crippen molar-refractivity contribution in [1.29, 1.82) is 0 Å². The molecule has 2 aromatic rings. The van der Waals surface area contributed by atoms with Crippen LogP contribution >= 0.6 is 0 Å². The molecular weight excluding hydrogens is 480 g/mol. The molecule has 3 N–H and O–H groups in total. The summed E-state index contributed by atoms with van der Waals surface area (Å²) in [6, 6.07) is 9.49. The molecule has 198 valence electrons. The van der Waals surface area contributed by atoms with Gasteiger partial charge in [-0.25, -0.2) is 4.98 Å². The average Bonchev–Trinajstić information content (AvgIpc) is 3.69. The van der Waals surface area contributed by atoms with Crippen LogP contribution in [-0.4, -0.2) is 54.9 Å². The molecule has 1 saturated carbocycles. The van der Waals surface area contributed by atoms with Gasteiger partial charge in [-0.05, 0) is 74.6 Å². The van der Waals surface area contributed by atoms with Gasteiger partial charge in [0.05, 0.1) is 23.0 Å². The zero-order valence-corrected chi connectivity index (χ0v) is 21.6. The number of aromatic nitrogens is 1. The highest BCUT2D eigenvalue weighted by atomic mass is 16.2. The number of piperidine rings is 3. The van der Waals surface area contributed by atoms with E-state index in [0.29, 0.717) is 17.7 Å². The zero-order valence-electron chi connectivity index (χ0n) is 21.6. The van der Waals surface area contributed by atoms with Gasteiger partial charge in [-0.1, -0.05) is 6.07 Å². The number of rotatable bonds is 3. The lowest BCUT2D eigenvalue weighted by atomic mass is 9.71. The van der Waals surface area contributed by atoms with Crippen LogP contribution < -0.4 is 25.8 Å². The van der Waals surface area contributed by atoms with Gasteiger partial charge in [0.2, 0.25) is 17.7 Å². The summed E-state index contributed by atoms with van der Waals surface area (Å²) in [5, 5.41) is 2.44. The number of imide groups is 1. The van der Waals surface area contributed by atoms with Crippen molar-refractivity contribution in [2.45, 2.75) is 62.8 Å². The molecule has 2 spiro atoms. The Morgan fingerprint density at radius 1 is 0.868 bits per heavy atom. The van der Waals surface area contributed by atoms with Gasteiger partial charge in [-0.3, -0.25) is 24.6 Å². The molecule has 5 aliphatic rings. The molecule has 3 saturated heterocycles. The fourth-order valence-corrected chi connectivity index (χ4v) is 7.30. The Bertz CT molecular complexity index is 1300. The Kier molecular flexibility index (Phi) is 5.22. The van der Waals surface area contributed by atoms with Crippen LogP contribution in [0.1, 0.15) is 56.9 Å². The first kappa shape index (κ1) is 23.5. The van der Waals surface area contributed by atoms with Crippen LogP contribution in [0.2, 0.25) is 0 Å². The van der Waals surface area contributed by atoms with Gasteiger partial charge in [-0.15, -0.1) is 0 Å². The van der Waals surface area contributed by atoms with E-state index in [1.165, 1.54) is 12.8 Å². The van der Waals surface area contributed by atoms with Gasteiger partial charge in [0.1, 0.15) is 11.9 Å². The van der Waals surface area contributed by atoms with E-state index in [4.69, 9.17) is 5.73 Å². The van der Waals surface area contributed by atoms with Gasteiger partial charge in [0.15, 0.2) is 0 Å². The lowest BCUT2D eigenvalue weighted by Crippen LogP contribution is -2.54. The highest BCUT2D eigenvalue weighted by molar-refractivity contribution is 6.16. The minimum absolute atomic E-state index is 0.0347. The van der Waals surface area contributed by atoms with Gasteiger partial charge in [0, 0.05) is 43.9 Å². The quantitative estimate of drug-likeness (QED) is 0.606. The highest BCUT2D eigenvalue weighted by Crippen LogP contribution is 2.61. The van der Waals surface area contributed by atoms with E-state index in [9.17, 15) is 14.4 Å². The Morgan fingerprint density at radius 2 is 1.55 bits per heavy atom. The molecule has 3 amide bonds. The monoisotopic (exact) mass is 514 g/mol. The molecule has 1 aromatic carbocycles. The van der Waals surface area contributed by atoms with Gasteiger partial charge < -0.3 is 15.5 Å².